The maximum atomic E-state index is 13.1. The number of amides is 1. The molecule has 2 unspecified atom stereocenters. The fourth-order valence-electron chi connectivity index (χ4n) is 3.19. The predicted molar refractivity (Wildman–Crippen MR) is 103 cm³/mol. The minimum absolute atomic E-state index is 0.209. The molecule has 2 atom stereocenters. The SMILES string of the molecule is CCCOC1CC(c2ccccc2)NN1C(=O)c1ccc([N+](=O)[O-])cc1[N+](=O)[O-]. The van der Waals surface area contributed by atoms with Crippen molar-refractivity contribution >= 4 is 17.3 Å². The minimum Gasteiger partial charge on any atom is -0.357 e. The molecule has 1 heterocycles. The van der Waals surface area contributed by atoms with Gasteiger partial charge in [0.15, 0.2) is 0 Å². The lowest BCUT2D eigenvalue weighted by atomic mass is 10.1. The molecule has 1 aliphatic heterocycles. The summed E-state index contributed by atoms with van der Waals surface area (Å²) in [7, 11) is 0. The van der Waals surface area contributed by atoms with Crippen molar-refractivity contribution in [3.8, 4) is 0 Å². The van der Waals surface area contributed by atoms with Crippen LogP contribution in [-0.4, -0.2) is 33.6 Å². The molecular formula is C19H20N4O6. The van der Waals surface area contributed by atoms with E-state index >= 15 is 0 Å². The van der Waals surface area contributed by atoms with E-state index in [0.717, 1.165) is 30.2 Å². The second kappa shape index (κ2) is 8.76. The monoisotopic (exact) mass is 400 g/mol. The Morgan fingerprint density at radius 1 is 1.17 bits per heavy atom. The van der Waals surface area contributed by atoms with E-state index in [0.29, 0.717) is 13.0 Å². The van der Waals surface area contributed by atoms with Gasteiger partial charge in [-0.2, -0.15) is 0 Å². The average molecular weight is 400 g/mol. The fraction of sp³-hybridized carbons (Fsp3) is 0.316. The van der Waals surface area contributed by atoms with Gasteiger partial charge in [-0.1, -0.05) is 37.3 Å². The largest absolute Gasteiger partial charge is 0.357 e. The van der Waals surface area contributed by atoms with Crippen molar-refractivity contribution in [3.63, 3.8) is 0 Å². The van der Waals surface area contributed by atoms with Crippen LogP contribution in [0.25, 0.3) is 0 Å². The predicted octanol–water partition coefficient (Wildman–Crippen LogP) is 3.35. The van der Waals surface area contributed by atoms with Crippen LogP contribution in [0, 0.1) is 20.2 Å². The Kier molecular flexibility index (Phi) is 6.15. The number of nitrogens with one attached hydrogen (secondary N) is 1. The molecule has 1 aliphatic rings. The molecule has 0 aromatic heterocycles. The number of nitro groups is 2. The standard InChI is InChI=1S/C19H20N4O6/c1-2-10-29-18-12-16(13-6-4-3-5-7-13)20-21(18)19(24)15-9-8-14(22(25)26)11-17(15)23(27)28/h3-9,11,16,18,20H,2,10,12H2,1H3. The smallest absolute Gasteiger partial charge is 0.289 e. The lowest BCUT2D eigenvalue weighted by Crippen LogP contribution is -2.44. The molecule has 1 saturated heterocycles. The normalized spacial score (nSPS) is 18.6. The van der Waals surface area contributed by atoms with Crippen LogP contribution >= 0.6 is 0 Å². The molecule has 0 aliphatic carbocycles. The number of hydrogen-bond donors (Lipinski definition) is 1. The first kappa shape index (κ1) is 20.4. The summed E-state index contributed by atoms with van der Waals surface area (Å²) >= 11 is 0. The van der Waals surface area contributed by atoms with Gasteiger partial charge in [0.25, 0.3) is 17.3 Å². The van der Waals surface area contributed by atoms with Crippen LogP contribution in [0.1, 0.15) is 41.7 Å². The van der Waals surface area contributed by atoms with Crippen LogP contribution in [-0.2, 0) is 4.74 Å². The van der Waals surface area contributed by atoms with Crippen LogP contribution in [0.2, 0.25) is 0 Å². The van der Waals surface area contributed by atoms with Crippen LogP contribution in [0.15, 0.2) is 48.5 Å². The molecular weight excluding hydrogens is 380 g/mol. The number of non-ortho nitro benzene ring substituents is 1. The molecule has 3 rings (SSSR count). The zero-order valence-corrected chi connectivity index (χ0v) is 15.7. The van der Waals surface area contributed by atoms with Gasteiger partial charge in [0.2, 0.25) is 0 Å². The van der Waals surface area contributed by atoms with Gasteiger partial charge in [0.05, 0.1) is 22.0 Å². The molecule has 0 bridgehead atoms. The second-order valence-electron chi connectivity index (χ2n) is 6.54. The Morgan fingerprint density at radius 2 is 1.90 bits per heavy atom. The number of benzene rings is 2. The summed E-state index contributed by atoms with van der Waals surface area (Å²) in [6, 6.07) is 12.2. The molecule has 2 aromatic carbocycles. The van der Waals surface area contributed by atoms with Crippen molar-refractivity contribution in [3.05, 3.63) is 79.9 Å². The molecule has 0 radical (unpaired) electrons. The average Bonchev–Trinajstić information content (AvgIpc) is 3.16. The molecule has 29 heavy (non-hydrogen) atoms. The van der Waals surface area contributed by atoms with Gasteiger partial charge >= 0.3 is 0 Å². The maximum absolute atomic E-state index is 13.1. The number of hydrazine groups is 1. The Hall–Kier alpha value is -3.37. The van der Waals surface area contributed by atoms with Gasteiger partial charge in [-0.15, -0.1) is 0 Å². The summed E-state index contributed by atoms with van der Waals surface area (Å²) in [6.07, 6.45) is 0.588. The molecule has 2 aromatic rings. The van der Waals surface area contributed by atoms with Gasteiger partial charge in [-0.3, -0.25) is 25.0 Å². The Bertz CT molecular complexity index is 920. The number of carbonyl (C=O) groups is 1. The van der Waals surface area contributed by atoms with E-state index in [4.69, 9.17) is 4.74 Å². The molecule has 1 amide bonds. The summed E-state index contributed by atoms with van der Waals surface area (Å²) < 4.78 is 5.79. The van der Waals surface area contributed by atoms with E-state index < -0.39 is 33.4 Å². The third kappa shape index (κ3) is 4.39. The van der Waals surface area contributed by atoms with Crippen molar-refractivity contribution in [2.75, 3.05) is 6.61 Å². The van der Waals surface area contributed by atoms with Gasteiger partial charge in [0, 0.05) is 19.1 Å². The summed E-state index contributed by atoms with van der Waals surface area (Å²) in [5.41, 5.74) is 2.70. The Labute approximate surface area is 166 Å². The quantitative estimate of drug-likeness (QED) is 0.557. The van der Waals surface area contributed by atoms with E-state index in [-0.39, 0.29) is 11.6 Å². The van der Waals surface area contributed by atoms with E-state index in [1.54, 1.807) is 0 Å². The van der Waals surface area contributed by atoms with Crippen molar-refractivity contribution in [2.45, 2.75) is 32.0 Å². The third-order valence-corrected chi connectivity index (χ3v) is 4.57. The molecule has 1 N–H and O–H groups in total. The first-order chi connectivity index (χ1) is 13.9. The number of carbonyl (C=O) groups excluding carboxylic acids is 1. The molecule has 10 nitrogen and oxygen atoms in total. The highest BCUT2D eigenvalue weighted by Gasteiger charge is 2.39. The Morgan fingerprint density at radius 3 is 2.52 bits per heavy atom. The second-order valence-corrected chi connectivity index (χ2v) is 6.54. The first-order valence-corrected chi connectivity index (χ1v) is 9.11. The number of ether oxygens (including phenoxy) is 1. The molecule has 0 spiro atoms. The number of hydrogen-bond acceptors (Lipinski definition) is 7. The summed E-state index contributed by atoms with van der Waals surface area (Å²) in [5, 5.41) is 23.6. The topological polar surface area (TPSA) is 128 Å². The van der Waals surface area contributed by atoms with Gasteiger partial charge < -0.3 is 4.74 Å². The first-order valence-electron chi connectivity index (χ1n) is 9.11. The van der Waals surface area contributed by atoms with Crippen LogP contribution in [0.3, 0.4) is 0 Å². The van der Waals surface area contributed by atoms with Crippen molar-refractivity contribution < 1.29 is 19.4 Å². The minimum atomic E-state index is -0.799. The zero-order chi connectivity index (χ0) is 21.0. The lowest BCUT2D eigenvalue weighted by molar-refractivity contribution is -0.394. The van der Waals surface area contributed by atoms with Crippen LogP contribution < -0.4 is 5.43 Å². The lowest BCUT2D eigenvalue weighted by Gasteiger charge is -2.24. The highest BCUT2D eigenvalue weighted by atomic mass is 16.6. The molecule has 1 fully saturated rings. The summed E-state index contributed by atoms with van der Waals surface area (Å²) in [4.78, 5) is 33.9. The number of nitro benzene ring substituents is 2. The van der Waals surface area contributed by atoms with E-state index in [1.165, 1.54) is 5.01 Å². The zero-order valence-electron chi connectivity index (χ0n) is 15.7. The number of nitrogens with zero attached hydrogens (tertiary/aromatic N) is 3. The highest BCUT2D eigenvalue weighted by Crippen LogP contribution is 2.32. The van der Waals surface area contributed by atoms with Gasteiger partial charge in [0.1, 0.15) is 11.8 Å². The summed E-state index contributed by atoms with van der Waals surface area (Å²) in [6.45, 7) is 2.35. The molecule has 152 valence electrons. The van der Waals surface area contributed by atoms with E-state index in [1.807, 2.05) is 37.3 Å². The molecule has 10 heteroatoms. The van der Waals surface area contributed by atoms with Crippen molar-refractivity contribution in [2.24, 2.45) is 0 Å². The van der Waals surface area contributed by atoms with Crippen LogP contribution in [0.5, 0.6) is 0 Å². The van der Waals surface area contributed by atoms with Gasteiger partial charge in [-0.05, 0) is 18.1 Å². The van der Waals surface area contributed by atoms with Crippen molar-refractivity contribution in [1.82, 2.24) is 10.4 Å². The summed E-state index contributed by atoms with van der Waals surface area (Å²) in [5.74, 6) is -0.675. The maximum Gasteiger partial charge on any atom is 0.289 e. The van der Waals surface area contributed by atoms with E-state index in [2.05, 4.69) is 5.43 Å². The highest BCUT2D eigenvalue weighted by molar-refractivity contribution is 5.98. The third-order valence-electron chi connectivity index (χ3n) is 4.57. The Balaban J connectivity index is 1.93. The fourth-order valence-corrected chi connectivity index (χ4v) is 3.19. The molecule has 0 saturated carbocycles. The van der Waals surface area contributed by atoms with Gasteiger partial charge in [-0.25, -0.2) is 10.4 Å². The van der Waals surface area contributed by atoms with Crippen molar-refractivity contribution in [1.29, 1.82) is 0 Å². The number of rotatable bonds is 7. The van der Waals surface area contributed by atoms with Crippen LogP contribution in [0.4, 0.5) is 11.4 Å². The van der Waals surface area contributed by atoms with E-state index in [9.17, 15) is 25.0 Å².